The van der Waals surface area contributed by atoms with Crippen LogP contribution in [-0.4, -0.2) is 100 Å². The van der Waals surface area contributed by atoms with Crippen LogP contribution in [0.15, 0.2) is 59.7 Å². The standard InChI is InChI=1S/C38H48N6O7/c1-25-18-26(2)35(27(3)19-25)51-38(45)41-34-10-11-39-37(44(34)23-28-8-9-30-31(20-28)50-24-49-30)40-29-21-32(46-5)36(47-6)33(22-29)48-17-7-12-43-15-13-42(4)14-16-43/h8-11,18-22,34H,7,12-17,23-24H2,1-6H3,(H,39,40)(H,41,45). The van der Waals surface area contributed by atoms with Gasteiger partial charge in [0, 0.05) is 63.3 Å². The van der Waals surface area contributed by atoms with E-state index >= 15 is 0 Å². The Morgan fingerprint density at radius 3 is 2.41 bits per heavy atom. The van der Waals surface area contributed by atoms with Crippen molar-refractivity contribution in [1.29, 1.82) is 0 Å². The first-order valence-corrected chi connectivity index (χ1v) is 17.2. The van der Waals surface area contributed by atoms with E-state index in [0.717, 1.165) is 61.4 Å². The largest absolute Gasteiger partial charge is 0.493 e. The fourth-order valence-electron chi connectivity index (χ4n) is 6.49. The third kappa shape index (κ3) is 8.78. The Bertz CT molecular complexity index is 1750. The molecule has 3 aliphatic rings. The maximum absolute atomic E-state index is 13.4. The molecule has 1 amide bonds. The topological polar surface area (TPSA) is 119 Å². The molecule has 13 nitrogen and oxygen atoms in total. The van der Waals surface area contributed by atoms with Crippen molar-refractivity contribution in [1.82, 2.24) is 20.0 Å². The Hall–Kier alpha value is -5.14. The van der Waals surface area contributed by atoms with Crippen LogP contribution in [0.3, 0.4) is 0 Å². The van der Waals surface area contributed by atoms with Crippen LogP contribution in [0.25, 0.3) is 0 Å². The van der Waals surface area contributed by atoms with E-state index in [9.17, 15) is 4.79 Å². The molecule has 51 heavy (non-hydrogen) atoms. The molecule has 0 aromatic heterocycles. The molecule has 13 heteroatoms. The Labute approximate surface area is 299 Å². The summed E-state index contributed by atoms with van der Waals surface area (Å²) in [5, 5.41) is 6.46. The minimum Gasteiger partial charge on any atom is -0.493 e. The Kier molecular flexibility index (Phi) is 11.4. The van der Waals surface area contributed by atoms with Crippen LogP contribution in [0.2, 0.25) is 0 Å². The zero-order chi connectivity index (χ0) is 35.9. The van der Waals surface area contributed by atoms with Crippen LogP contribution in [0.5, 0.6) is 34.5 Å². The molecule has 6 rings (SSSR count). The smallest absolute Gasteiger partial charge is 0.414 e. The lowest BCUT2D eigenvalue weighted by Crippen LogP contribution is -2.53. The summed E-state index contributed by atoms with van der Waals surface area (Å²) in [5.41, 5.74) is 4.46. The van der Waals surface area contributed by atoms with E-state index in [2.05, 4.69) is 27.5 Å². The van der Waals surface area contributed by atoms with E-state index in [1.54, 1.807) is 26.5 Å². The second-order valence-corrected chi connectivity index (χ2v) is 13.0. The highest BCUT2D eigenvalue weighted by Crippen LogP contribution is 2.41. The second-order valence-electron chi connectivity index (χ2n) is 13.0. The van der Waals surface area contributed by atoms with Crippen molar-refractivity contribution in [3.8, 4) is 34.5 Å². The first-order chi connectivity index (χ1) is 24.7. The molecule has 0 saturated carbocycles. The summed E-state index contributed by atoms with van der Waals surface area (Å²) in [4.78, 5) is 24.8. The number of guanidine groups is 1. The predicted molar refractivity (Wildman–Crippen MR) is 196 cm³/mol. The van der Waals surface area contributed by atoms with Gasteiger partial charge in [-0.15, -0.1) is 0 Å². The number of aryl methyl sites for hydroxylation is 3. The maximum Gasteiger partial charge on any atom is 0.414 e. The third-order valence-electron chi connectivity index (χ3n) is 9.10. The van der Waals surface area contributed by atoms with Gasteiger partial charge in [0.1, 0.15) is 11.9 Å². The third-order valence-corrected chi connectivity index (χ3v) is 9.10. The number of hydrogen-bond acceptors (Lipinski definition) is 12. The number of anilines is 1. The molecule has 3 heterocycles. The number of amides is 1. The molecule has 0 radical (unpaired) electrons. The number of nitrogens with zero attached hydrogens (tertiary/aromatic N) is 4. The molecule has 272 valence electrons. The predicted octanol–water partition coefficient (Wildman–Crippen LogP) is 5.29. The fraction of sp³-hybridized carbons (Fsp3) is 0.421. The number of carbonyl (C=O) groups is 1. The van der Waals surface area contributed by atoms with Crippen LogP contribution in [0.1, 0.15) is 28.7 Å². The van der Waals surface area contributed by atoms with Crippen molar-refractivity contribution in [2.24, 2.45) is 4.99 Å². The van der Waals surface area contributed by atoms with Gasteiger partial charge >= 0.3 is 6.09 Å². The summed E-state index contributed by atoms with van der Waals surface area (Å²) in [6, 6.07) is 13.4. The number of methoxy groups -OCH3 is 2. The molecule has 3 aromatic rings. The zero-order valence-electron chi connectivity index (χ0n) is 30.3. The van der Waals surface area contributed by atoms with Gasteiger partial charge in [-0.2, -0.15) is 0 Å². The highest BCUT2D eigenvalue weighted by Gasteiger charge is 2.28. The number of piperazine rings is 1. The van der Waals surface area contributed by atoms with Gasteiger partial charge < -0.3 is 48.4 Å². The number of hydrogen-bond donors (Lipinski definition) is 2. The van der Waals surface area contributed by atoms with Gasteiger partial charge in [0.15, 0.2) is 23.0 Å². The monoisotopic (exact) mass is 700 g/mol. The summed E-state index contributed by atoms with van der Waals surface area (Å²) in [5.74, 6) is 3.93. The number of nitrogens with one attached hydrogen (secondary N) is 2. The number of benzene rings is 3. The van der Waals surface area contributed by atoms with E-state index in [4.69, 9.17) is 33.4 Å². The van der Waals surface area contributed by atoms with E-state index < -0.39 is 12.3 Å². The lowest BCUT2D eigenvalue weighted by Gasteiger charge is -2.35. The average Bonchev–Trinajstić information content (AvgIpc) is 3.58. The van der Waals surface area contributed by atoms with Crippen molar-refractivity contribution in [3.63, 3.8) is 0 Å². The summed E-state index contributed by atoms with van der Waals surface area (Å²) >= 11 is 0. The molecule has 3 aliphatic heterocycles. The van der Waals surface area contributed by atoms with Crippen LogP contribution in [0.4, 0.5) is 10.5 Å². The second kappa shape index (κ2) is 16.3. The maximum atomic E-state index is 13.4. The van der Waals surface area contributed by atoms with Gasteiger partial charge in [-0.3, -0.25) is 5.32 Å². The van der Waals surface area contributed by atoms with E-state index in [0.29, 0.717) is 59.3 Å². The normalized spacial score (nSPS) is 17.2. The van der Waals surface area contributed by atoms with Crippen molar-refractivity contribution < 1.29 is 33.2 Å². The number of likely N-dealkylation sites (N-methyl/N-ethyl adjacent to an activating group) is 1. The minimum absolute atomic E-state index is 0.174. The first kappa shape index (κ1) is 35.7. The van der Waals surface area contributed by atoms with Gasteiger partial charge in [0.25, 0.3) is 0 Å². The zero-order valence-corrected chi connectivity index (χ0v) is 30.3. The van der Waals surface area contributed by atoms with Gasteiger partial charge in [0.05, 0.1) is 20.8 Å². The Balaban J connectivity index is 1.21. The summed E-state index contributed by atoms with van der Waals surface area (Å²) in [6.45, 7) is 12.2. The molecule has 2 N–H and O–H groups in total. The molecule has 0 spiro atoms. The van der Waals surface area contributed by atoms with Gasteiger partial charge in [-0.05, 0) is 69.1 Å². The fourth-order valence-corrected chi connectivity index (χ4v) is 6.49. The molecular weight excluding hydrogens is 652 g/mol. The summed E-state index contributed by atoms with van der Waals surface area (Å²) < 4.78 is 34.7. The SMILES string of the molecule is COc1cc(NC2=NC=CC(NC(=O)Oc3c(C)cc(C)cc3C)N2Cc2ccc3c(c2)OCO3)cc(OCCCN2CCN(C)CC2)c1OC. The molecule has 1 unspecified atom stereocenters. The number of aliphatic imine (C=N–C) groups is 1. The molecular formula is C38H48N6O7. The van der Waals surface area contributed by atoms with Gasteiger partial charge in [-0.25, -0.2) is 9.79 Å². The van der Waals surface area contributed by atoms with E-state index in [-0.39, 0.29) is 6.79 Å². The van der Waals surface area contributed by atoms with Crippen molar-refractivity contribution in [2.75, 3.05) is 72.7 Å². The van der Waals surface area contributed by atoms with Crippen molar-refractivity contribution in [3.05, 3.63) is 77.0 Å². The number of carbonyl (C=O) groups excluding carboxylic acids is 1. The molecule has 1 atom stereocenters. The number of rotatable bonds is 12. The van der Waals surface area contributed by atoms with E-state index in [1.807, 2.05) is 68.1 Å². The molecule has 3 aromatic carbocycles. The van der Waals surface area contributed by atoms with E-state index in [1.165, 1.54) is 0 Å². The van der Waals surface area contributed by atoms with Crippen LogP contribution < -0.4 is 39.1 Å². The minimum atomic E-state index is -0.612. The number of fused-ring (bicyclic) bond motifs is 1. The average molecular weight is 701 g/mol. The summed E-state index contributed by atoms with van der Waals surface area (Å²) in [6.07, 6.45) is 3.13. The van der Waals surface area contributed by atoms with Gasteiger partial charge in [0.2, 0.25) is 18.5 Å². The Morgan fingerprint density at radius 1 is 0.922 bits per heavy atom. The number of ether oxygens (including phenoxy) is 6. The quantitative estimate of drug-likeness (QED) is 0.240. The molecule has 0 bridgehead atoms. The Morgan fingerprint density at radius 2 is 1.67 bits per heavy atom. The molecule has 1 saturated heterocycles. The van der Waals surface area contributed by atoms with Crippen molar-refractivity contribution >= 4 is 17.7 Å². The van der Waals surface area contributed by atoms with Crippen molar-refractivity contribution in [2.45, 2.75) is 39.9 Å². The molecule has 1 fully saturated rings. The lowest BCUT2D eigenvalue weighted by atomic mass is 10.1. The van der Waals surface area contributed by atoms with Crippen LogP contribution in [0, 0.1) is 20.8 Å². The summed E-state index contributed by atoms with van der Waals surface area (Å²) in [7, 11) is 5.35. The van der Waals surface area contributed by atoms with Crippen LogP contribution in [-0.2, 0) is 6.54 Å². The van der Waals surface area contributed by atoms with Crippen LogP contribution >= 0.6 is 0 Å². The first-order valence-electron chi connectivity index (χ1n) is 17.2. The lowest BCUT2D eigenvalue weighted by molar-refractivity contribution is 0.145. The molecule has 0 aliphatic carbocycles. The highest BCUT2D eigenvalue weighted by atomic mass is 16.7. The highest BCUT2D eigenvalue weighted by molar-refractivity contribution is 5.96. The van der Waals surface area contributed by atoms with Gasteiger partial charge in [-0.1, -0.05) is 23.8 Å².